The van der Waals surface area contributed by atoms with Gasteiger partial charge >= 0.3 is 0 Å². The molecule has 1 amide bonds. The number of primary amides is 1. The first-order valence-electron chi connectivity index (χ1n) is 4.49. The van der Waals surface area contributed by atoms with Crippen LogP contribution >= 0.6 is 0 Å². The van der Waals surface area contributed by atoms with Gasteiger partial charge in [-0.1, -0.05) is 13.3 Å². The molecule has 3 nitrogen and oxygen atoms in total. The maximum absolute atomic E-state index is 11.1. The normalized spacial score (nSPS) is 36.3. The zero-order chi connectivity index (χ0) is 9.19. The molecule has 0 saturated heterocycles. The minimum absolute atomic E-state index is 0.183. The average Bonchev–Trinajstić information content (AvgIpc) is 2.04. The van der Waals surface area contributed by atoms with Gasteiger partial charge in [-0.3, -0.25) is 4.79 Å². The highest BCUT2D eigenvalue weighted by atomic mass is 16.3. The fraction of sp³-hybridized carbons (Fsp3) is 0.889. The molecule has 0 aromatic rings. The van der Waals surface area contributed by atoms with Gasteiger partial charge in [0.05, 0.1) is 0 Å². The number of aliphatic hydroxyl groups is 1. The predicted octanol–water partition coefficient (Wildman–Crippen LogP) is 0.660. The van der Waals surface area contributed by atoms with Crippen molar-refractivity contribution in [2.24, 2.45) is 17.1 Å². The second-order valence-electron chi connectivity index (χ2n) is 4.07. The molecule has 1 saturated carbocycles. The molecular formula is C9H17NO2. The molecule has 0 aromatic heterocycles. The molecule has 12 heavy (non-hydrogen) atoms. The van der Waals surface area contributed by atoms with Gasteiger partial charge in [0.2, 0.25) is 5.91 Å². The van der Waals surface area contributed by atoms with Gasteiger partial charge in [0.25, 0.3) is 0 Å². The Morgan fingerprint density at radius 3 is 2.92 bits per heavy atom. The molecule has 1 fully saturated rings. The third kappa shape index (κ3) is 1.78. The Morgan fingerprint density at radius 1 is 1.75 bits per heavy atom. The van der Waals surface area contributed by atoms with E-state index in [1.807, 2.05) is 6.92 Å². The van der Waals surface area contributed by atoms with Gasteiger partial charge in [-0.25, -0.2) is 0 Å². The van der Waals surface area contributed by atoms with Crippen molar-refractivity contribution in [3.05, 3.63) is 0 Å². The highest BCUT2D eigenvalue weighted by Crippen LogP contribution is 2.38. The zero-order valence-electron chi connectivity index (χ0n) is 7.55. The molecule has 0 bridgehead atoms. The van der Waals surface area contributed by atoms with Crippen LogP contribution in [0.3, 0.4) is 0 Å². The molecule has 3 N–H and O–H groups in total. The Hall–Kier alpha value is -0.570. The molecule has 2 unspecified atom stereocenters. The molecule has 1 aliphatic rings. The van der Waals surface area contributed by atoms with Crippen LogP contribution in [0, 0.1) is 11.3 Å². The number of hydrogen-bond donors (Lipinski definition) is 2. The van der Waals surface area contributed by atoms with Crippen molar-refractivity contribution in [3.8, 4) is 0 Å². The van der Waals surface area contributed by atoms with Crippen molar-refractivity contribution in [3.63, 3.8) is 0 Å². The molecule has 70 valence electrons. The first-order chi connectivity index (χ1) is 5.58. The monoisotopic (exact) mass is 171 g/mol. The van der Waals surface area contributed by atoms with Crippen LogP contribution in [0.1, 0.15) is 32.6 Å². The SMILES string of the molecule is CC1(C(N)=O)CCCC(CO)C1. The maximum Gasteiger partial charge on any atom is 0.223 e. The smallest absolute Gasteiger partial charge is 0.223 e. The summed E-state index contributed by atoms with van der Waals surface area (Å²) in [5, 5.41) is 8.95. The molecular weight excluding hydrogens is 154 g/mol. The summed E-state index contributed by atoms with van der Waals surface area (Å²) >= 11 is 0. The lowest BCUT2D eigenvalue weighted by molar-refractivity contribution is -0.129. The Balaban J connectivity index is 2.61. The van der Waals surface area contributed by atoms with E-state index in [1.54, 1.807) is 0 Å². The largest absolute Gasteiger partial charge is 0.396 e. The number of aliphatic hydroxyl groups excluding tert-OH is 1. The van der Waals surface area contributed by atoms with E-state index in [-0.39, 0.29) is 23.8 Å². The highest BCUT2D eigenvalue weighted by Gasteiger charge is 2.36. The number of amides is 1. The van der Waals surface area contributed by atoms with Crippen LogP contribution in [0.4, 0.5) is 0 Å². The lowest BCUT2D eigenvalue weighted by Gasteiger charge is -2.34. The van der Waals surface area contributed by atoms with Crippen LogP contribution in [0.25, 0.3) is 0 Å². The highest BCUT2D eigenvalue weighted by molar-refractivity contribution is 5.80. The van der Waals surface area contributed by atoms with Crippen molar-refractivity contribution >= 4 is 5.91 Å². The standard InChI is InChI=1S/C9H17NO2/c1-9(8(10)12)4-2-3-7(5-9)6-11/h7,11H,2-6H2,1H3,(H2,10,12). The summed E-state index contributed by atoms with van der Waals surface area (Å²) < 4.78 is 0. The van der Waals surface area contributed by atoms with E-state index in [9.17, 15) is 4.79 Å². The van der Waals surface area contributed by atoms with Crippen molar-refractivity contribution < 1.29 is 9.90 Å². The summed E-state index contributed by atoms with van der Waals surface area (Å²) in [4.78, 5) is 11.1. The summed E-state index contributed by atoms with van der Waals surface area (Å²) in [6.45, 7) is 2.08. The van der Waals surface area contributed by atoms with E-state index in [0.29, 0.717) is 0 Å². The molecule has 0 spiro atoms. The fourth-order valence-corrected chi connectivity index (χ4v) is 2.00. The van der Waals surface area contributed by atoms with E-state index < -0.39 is 0 Å². The van der Waals surface area contributed by atoms with Crippen molar-refractivity contribution in [1.82, 2.24) is 0 Å². The summed E-state index contributed by atoms with van der Waals surface area (Å²) in [5.41, 5.74) is 4.93. The summed E-state index contributed by atoms with van der Waals surface area (Å²) in [5.74, 6) is 0.0527. The van der Waals surface area contributed by atoms with E-state index in [1.165, 1.54) is 0 Å². The van der Waals surface area contributed by atoms with Gasteiger partial charge < -0.3 is 10.8 Å². The maximum atomic E-state index is 11.1. The van der Waals surface area contributed by atoms with Crippen LogP contribution in [-0.4, -0.2) is 17.6 Å². The van der Waals surface area contributed by atoms with Gasteiger partial charge in [0.1, 0.15) is 0 Å². The molecule has 0 radical (unpaired) electrons. The summed E-state index contributed by atoms with van der Waals surface area (Å²) in [6, 6.07) is 0. The minimum atomic E-state index is -0.369. The third-order valence-electron chi connectivity index (χ3n) is 2.93. The van der Waals surface area contributed by atoms with E-state index in [4.69, 9.17) is 10.8 Å². The number of carbonyl (C=O) groups excluding carboxylic acids is 1. The Kier molecular flexibility index (Phi) is 2.73. The topological polar surface area (TPSA) is 63.3 Å². The van der Waals surface area contributed by atoms with Crippen LogP contribution in [0.2, 0.25) is 0 Å². The molecule has 3 heteroatoms. The minimum Gasteiger partial charge on any atom is -0.396 e. The molecule has 0 aliphatic heterocycles. The molecule has 2 atom stereocenters. The lowest BCUT2D eigenvalue weighted by Crippen LogP contribution is -2.39. The van der Waals surface area contributed by atoms with E-state index in [2.05, 4.69) is 0 Å². The van der Waals surface area contributed by atoms with Crippen LogP contribution in [0.15, 0.2) is 0 Å². The molecule has 0 heterocycles. The quantitative estimate of drug-likeness (QED) is 0.641. The summed E-state index contributed by atoms with van der Waals surface area (Å²) in [6.07, 6.45) is 3.65. The molecule has 0 aromatic carbocycles. The van der Waals surface area contributed by atoms with Gasteiger partial charge in [0, 0.05) is 12.0 Å². The summed E-state index contributed by atoms with van der Waals surface area (Å²) in [7, 11) is 0. The zero-order valence-corrected chi connectivity index (χ0v) is 7.55. The van der Waals surface area contributed by atoms with E-state index in [0.717, 1.165) is 25.7 Å². The van der Waals surface area contributed by atoms with Crippen LogP contribution in [0.5, 0.6) is 0 Å². The predicted molar refractivity (Wildman–Crippen MR) is 46.3 cm³/mol. The number of hydrogen-bond acceptors (Lipinski definition) is 2. The van der Waals surface area contributed by atoms with Gasteiger partial charge in [-0.2, -0.15) is 0 Å². The van der Waals surface area contributed by atoms with Crippen LogP contribution in [-0.2, 0) is 4.79 Å². The first kappa shape index (κ1) is 9.52. The first-order valence-corrected chi connectivity index (χ1v) is 4.49. The average molecular weight is 171 g/mol. The van der Waals surface area contributed by atoms with Gasteiger partial charge in [0.15, 0.2) is 0 Å². The second kappa shape index (κ2) is 3.44. The Labute approximate surface area is 72.9 Å². The second-order valence-corrected chi connectivity index (χ2v) is 4.07. The Morgan fingerprint density at radius 2 is 2.42 bits per heavy atom. The van der Waals surface area contributed by atoms with E-state index >= 15 is 0 Å². The van der Waals surface area contributed by atoms with Gasteiger partial charge in [-0.15, -0.1) is 0 Å². The Bertz CT molecular complexity index is 181. The van der Waals surface area contributed by atoms with Crippen LogP contribution < -0.4 is 5.73 Å². The third-order valence-corrected chi connectivity index (χ3v) is 2.93. The number of nitrogens with two attached hydrogens (primary N) is 1. The van der Waals surface area contributed by atoms with Crippen molar-refractivity contribution in [2.75, 3.05) is 6.61 Å². The molecule has 1 rings (SSSR count). The van der Waals surface area contributed by atoms with Gasteiger partial charge in [-0.05, 0) is 25.2 Å². The molecule has 1 aliphatic carbocycles. The number of carbonyl (C=O) groups is 1. The number of rotatable bonds is 2. The van der Waals surface area contributed by atoms with Crippen molar-refractivity contribution in [1.29, 1.82) is 0 Å². The fourth-order valence-electron chi connectivity index (χ4n) is 2.00. The van der Waals surface area contributed by atoms with Crippen molar-refractivity contribution in [2.45, 2.75) is 32.6 Å². The lowest BCUT2D eigenvalue weighted by atomic mass is 9.70.